The molecule has 1 aliphatic carbocycles. The molecular formula is C15H25F3N2O2. The van der Waals surface area contributed by atoms with Gasteiger partial charge >= 0.3 is 6.18 Å². The number of rotatable bonds is 5. The first-order valence-electron chi connectivity index (χ1n) is 7.99. The maximum Gasteiger partial charge on any atom is 0.406 e. The second-order valence-corrected chi connectivity index (χ2v) is 6.77. The third-order valence-corrected chi connectivity index (χ3v) is 5.01. The van der Waals surface area contributed by atoms with Gasteiger partial charge in [0.25, 0.3) is 0 Å². The fourth-order valence-electron chi connectivity index (χ4n) is 3.68. The third-order valence-electron chi connectivity index (χ3n) is 5.01. The maximum absolute atomic E-state index is 12.4. The average molecular weight is 322 g/mol. The van der Waals surface area contributed by atoms with E-state index >= 15 is 0 Å². The smallest absolute Gasteiger partial charge is 0.394 e. The summed E-state index contributed by atoms with van der Waals surface area (Å²) < 4.78 is 37.3. The van der Waals surface area contributed by atoms with Crippen LogP contribution in [-0.2, 0) is 4.79 Å². The van der Waals surface area contributed by atoms with Crippen molar-refractivity contribution >= 4 is 5.91 Å². The molecule has 0 bridgehead atoms. The molecule has 0 aromatic carbocycles. The van der Waals surface area contributed by atoms with E-state index in [0.717, 1.165) is 30.6 Å². The number of hydrogen-bond donors (Lipinski definition) is 2. The minimum Gasteiger partial charge on any atom is -0.394 e. The van der Waals surface area contributed by atoms with Crippen molar-refractivity contribution in [2.24, 2.45) is 5.92 Å². The highest BCUT2D eigenvalue weighted by molar-refractivity contribution is 5.84. The Labute approximate surface area is 129 Å². The number of carbonyl (C=O) groups excluding carboxylic acids is 1. The summed E-state index contributed by atoms with van der Waals surface area (Å²) in [5, 5.41) is 12.9. The van der Waals surface area contributed by atoms with Crippen molar-refractivity contribution in [1.82, 2.24) is 10.2 Å². The number of aliphatic hydroxyl groups is 1. The lowest BCUT2D eigenvalue weighted by Crippen LogP contribution is -2.58. The number of alkyl halides is 3. The Kier molecular flexibility index (Phi) is 5.37. The van der Waals surface area contributed by atoms with Gasteiger partial charge in [0.2, 0.25) is 5.91 Å². The molecule has 2 unspecified atom stereocenters. The Morgan fingerprint density at radius 2 is 1.86 bits per heavy atom. The van der Waals surface area contributed by atoms with E-state index in [4.69, 9.17) is 0 Å². The molecule has 7 heteroatoms. The number of aliphatic hydroxyl groups excluding tert-OH is 1. The number of nitrogens with zero attached hydrogens (tertiary/aromatic N) is 1. The summed E-state index contributed by atoms with van der Waals surface area (Å²) in [6.45, 7) is 0.689. The lowest BCUT2D eigenvalue weighted by Gasteiger charge is -2.41. The van der Waals surface area contributed by atoms with Crippen molar-refractivity contribution in [2.75, 3.05) is 19.7 Å². The molecule has 1 heterocycles. The standard InChI is InChI=1S/C15H25F3N2O2/c1-14(10-21,11-5-3-2-4-6-11)19-12-7-8-20(13(12)22)9-15(16,17)18/h11-12,19,21H,2-10H2,1H3. The SMILES string of the molecule is CC(CO)(NC1CCN(CC(F)(F)F)C1=O)C1CCCCC1. The fourth-order valence-corrected chi connectivity index (χ4v) is 3.68. The first-order valence-corrected chi connectivity index (χ1v) is 7.99. The van der Waals surface area contributed by atoms with E-state index in [0.29, 0.717) is 6.42 Å². The quantitative estimate of drug-likeness (QED) is 0.815. The zero-order chi connectivity index (χ0) is 16.4. The summed E-state index contributed by atoms with van der Waals surface area (Å²) in [5.74, 6) is -0.247. The Bertz CT molecular complexity index is 397. The van der Waals surface area contributed by atoms with Gasteiger partial charge in [-0.25, -0.2) is 0 Å². The van der Waals surface area contributed by atoms with Crippen molar-refractivity contribution in [3.63, 3.8) is 0 Å². The van der Waals surface area contributed by atoms with E-state index < -0.39 is 30.2 Å². The van der Waals surface area contributed by atoms with E-state index in [9.17, 15) is 23.1 Å². The minimum atomic E-state index is -4.37. The summed E-state index contributed by atoms with van der Waals surface area (Å²) in [4.78, 5) is 13.0. The molecule has 0 aromatic heterocycles. The molecule has 2 aliphatic rings. The van der Waals surface area contributed by atoms with Crippen LogP contribution >= 0.6 is 0 Å². The number of amides is 1. The van der Waals surface area contributed by atoms with Crippen LogP contribution < -0.4 is 5.32 Å². The number of halogens is 3. The molecule has 2 atom stereocenters. The molecule has 1 amide bonds. The molecule has 128 valence electrons. The Balaban J connectivity index is 1.98. The predicted molar refractivity (Wildman–Crippen MR) is 76.2 cm³/mol. The van der Waals surface area contributed by atoms with Crippen LogP contribution in [0.4, 0.5) is 13.2 Å². The van der Waals surface area contributed by atoms with Crippen LogP contribution in [0.1, 0.15) is 45.4 Å². The van der Waals surface area contributed by atoms with E-state index in [1.165, 1.54) is 6.42 Å². The van der Waals surface area contributed by atoms with Crippen molar-refractivity contribution in [2.45, 2.75) is 63.2 Å². The summed E-state index contributed by atoms with van der Waals surface area (Å²) in [6.07, 6.45) is 1.33. The van der Waals surface area contributed by atoms with Crippen molar-refractivity contribution in [3.8, 4) is 0 Å². The highest BCUT2D eigenvalue weighted by Gasteiger charge is 2.43. The first-order chi connectivity index (χ1) is 10.2. The first kappa shape index (κ1) is 17.5. The van der Waals surface area contributed by atoms with E-state index in [2.05, 4.69) is 5.32 Å². The van der Waals surface area contributed by atoms with Gasteiger partial charge in [0.15, 0.2) is 0 Å². The minimum absolute atomic E-state index is 0.110. The van der Waals surface area contributed by atoms with Gasteiger partial charge in [-0.2, -0.15) is 13.2 Å². The van der Waals surface area contributed by atoms with Gasteiger partial charge in [0.1, 0.15) is 6.54 Å². The monoisotopic (exact) mass is 322 g/mol. The Morgan fingerprint density at radius 1 is 1.23 bits per heavy atom. The van der Waals surface area contributed by atoms with Gasteiger partial charge in [-0.1, -0.05) is 19.3 Å². The van der Waals surface area contributed by atoms with Gasteiger partial charge < -0.3 is 10.0 Å². The zero-order valence-electron chi connectivity index (χ0n) is 13.0. The van der Waals surface area contributed by atoms with Crippen molar-refractivity contribution in [3.05, 3.63) is 0 Å². The zero-order valence-corrected chi connectivity index (χ0v) is 13.0. The maximum atomic E-state index is 12.4. The molecular weight excluding hydrogens is 297 g/mol. The second kappa shape index (κ2) is 6.74. The molecule has 0 spiro atoms. The second-order valence-electron chi connectivity index (χ2n) is 6.77. The predicted octanol–water partition coefficient (Wildman–Crippen LogP) is 2.07. The van der Waals surface area contributed by atoms with E-state index in [1.54, 1.807) is 0 Å². The summed E-state index contributed by atoms with van der Waals surface area (Å²) >= 11 is 0. The van der Waals surface area contributed by atoms with Crippen LogP contribution in [0.15, 0.2) is 0 Å². The van der Waals surface area contributed by atoms with Gasteiger partial charge in [-0.3, -0.25) is 10.1 Å². The van der Waals surface area contributed by atoms with Crippen LogP contribution in [0.5, 0.6) is 0 Å². The topological polar surface area (TPSA) is 52.6 Å². The van der Waals surface area contributed by atoms with Crippen LogP contribution in [0.3, 0.4) is 0 Å². The number of hydrogen-bond acceptors (Lipinski definition) is 3. The molecule has 4 nitrogen and oxygen atoms in total. The summed E-state index contributed by atoms with van der Waals surface area (Å²) in [5.41, 5.74) is -0.602. The van der Waals surface area contributed by atoms with E-state index in [-0.39, 0.29) is 19.1 Å². The van der Waals surface area contributed by atoms with Crippen LogP contribution in [0.2, 0.25) is 0 Å². The fraction of sp³-hybridized carbons (Fsp3) is 0.933. The molecule has 1 aliphatic heterocycles. The molecule has 0 aromatic rings. The van der Waals surface area contributed by atoms with Crippen LogP contribution in [0, 0.1) is 5.92 Å². The van der Waals surface area contributed by atoms with Gasteiger partial charge in [0, 0.05) is 12.1 Å². The van der Waals surface area contributed by atoms with E-state index in [1.807, 2.05) is 6.92 Å². The molecule has 0 radical (unpaired) electrons. The van der Waals surface area contributed by atoms with Crippen LogP contribution in [-0.4, -0.2) is 53.4 Å². The lowest BCUT2D eigenvalue weighted by molar-refractivity contribution is -0.158. The summed E-state index contributed by atoms with van der Waals surface area (Å²) in [7, 11) is 0. The average Bonchev–Trinajstić information content (AvgIpc) is 2.79. The number of likely N-dealkylation sites (tertiary alicyclic amines) is 1. The Morgan fingerprint density at radius 3 is 2.41 bits per heavy atom. The normalized spacial score (nSPS) is 27.2. The van der Waals surface area contributed by atoms with Gasteiger partial charge in [0.05, 0.1) is 12.6 Å². The largest absolute Gasteiger partial charge is 0.406 e. The summed E-state index contributed by atoms with van der Waals surface area (Å²) in [6, 6.07) is -0.624. The Hall–Kier alpha value is -0.820. The molecule has 1 saturated carbocycles. The lowest BCUT2D eigenvalue weighted by atomic mass is 9.75. The molecule has 2 fully saturated rings. The van der Waals surface area contributed by atoms with Crippen LogP contribution in [0.25, 0.3) is 0 Å². The molecule has 1 saturated heterocycles. The molecule has 2 rings (SSSR count). The van der Waals surface area contributed by atoms with Gasteiger partial charge in [-0.15, -0.1) is 0 Å². The molecule has 22 heavy (non-hydrogen) atoms. The van der Waals surface area contributed by atoms with Crippen molar-refractivity contribution < 1.29 is 23.1 Å². The van der Waals surface area contributed by atoms with Gasteiger partial charge in [-0.05, 0) is 32.1 Å². The number of nitrogens with one attached hydrogen (secondary N) is 1. The third kappa shape index (κ3) is 4.13. The number of carbonyl (C=O) groups is 1. The van der Waals surface area contributed by atoms with Crippen molar-refractivity contribution in [1.29, 1.82) is 0 Å². The highest BCUT2D eigenvalue weighted by Crippen LogP contribution is 2.33. The molecule has 2 N–H and O–H groups in total. The highest BCUT2D eigenvalue weighted by atomic mass is 19.4.